The summed E-state index contributed by atoms with van der Waals surface area (Å²) in [5.74, 6) is -0.824. The van der Waals surface area contributed by atoms with Crippen LogP contribution < -0.4 is 4.90 Å². The molecule has 0 saturated carbocycles. The molecular weight excluding hydrogens is 250 g/mol. The van der Waals surface area contributed by atoms with Crippen molar-refractivity contribution >= 4 is 17.5 Å². The van der Waals surface area contributed by atoms with Gasteiger partial charge in [-0.1, -0.05) is 6.92 Å². The van der Waals surface area contributed by atoms with Crippen LogP contribution in [-0.2, 0) is 4.79 Å². The molecule has 1 heterocycles. The number of carboxylic acids is 1. The number of hydrogen-bond acceptors (Lipinski definition) is 5. The van der Waals surface area contributed by atoms with Gasteiger partial charge in [0.15, 0.2) is 0 Å². The Hall–Kier alpha value is -2.18. The molecule has 0 aliphatic carbocycles. The molecule has 0 radical (unpaired) electrons. The minimum absolute atomic E-state index is 0.0661. The van der Waals surface area contributed by atoms with Gasteiger partial charge in [-0.2, -0.15) is 0 Å². The quantitative estimate of drug-likeness (QED) is 0.624. The van der Waals surface area contributed by atoms with E-state index in [9.17, 15) is 14.9 Å². The summed E-state index contributed by atoms with van der Waals surface area (Å²) in [6, 6.07) is 1.44. The summed E-state index contributed by atoms with van der Waals surface area (Å²) in [5, 5.41) is 19.6. The number of pyridine rings is 1. The third kappa shape index (κ3) is 3.64. The first-order chi connectivity index (χ1) is 8.86. The van der Waals surface area contributed by atoms with Crippen molar-refractivity contribution in [2.75, 3.05) is 18.0 Å². The Balaban J connectivity index is 2.99. The predicted octanol–water partition coefficient (Wildman–Crippen LogP) is 1.85. The number of hydrogen-bond donors (Lipinski definition) is 1. The molecule has 1 aromatic rings. The molecule has 1 rings (SSSR count). The maximum absolute atomic E-state index is 10.9. The van der Waals surface area contributed by atoms with Crippen LogP contribution in [0.5, 0.6) is 0 Å². The SMILES string of the molecule is CCN(CC(C)C(=O)O)c1ncc([N+](=O)[O-])cc1C. The molecule has 0 bridgehead atoms. The smallest absolute Gasteiger partial charge is 0.308 e. The third-order valence-corrected chi connectivity index (χ3v) is 2.84. The third-order valence-electron chi connectivity index (χ3n) is 2.84. The summed E-state index contributed by atoms with van der Waals surface area (Å²) >= 11 is 0. The van der Waals surface area contributed by atoms with E-state index in [1.165, 1.54) is 12.3 Å². The molecule has 1 atom stereocenters. The number of carbonyl (C=O) groups is 1. The van der Waals surface area contributed by atoms with Gasteiger partial charge >= 0.3 is 5.97 Å². The molecular formula is C12H17N3O4. The van der Waals surface area contributed by atoms with E-state index >= 15 is 0 Å². The van der Waals surface area contributed by atoms with Crippen molar-refractivity contribution in [2.45, 2.75) is 20.8 Å². The number of aliphatic carboxylic acids is 1. The molecule has 7 heteroatoms. The van der Waals surface area contributed by atoms with E-state index < -0.39 is 16.8 Å². The van der Waals surface area contributed by atoms with Crippen molar-refractivity contribution in [2.24, 2.45) is 5.92 Å². The summed E-state index contributed by atoms with van der Waals surface area (Å²) in [7, 11) is 0. The fraction of sp³-hybridized carbons (Fsp3) is 0.500. The van der Waals surface area contributed by atoms with Crippen LogP contribution in [0.3, 0.4) is 0 Å². The lowest BCUT2D eigenvalue weighted by molar-refractivity contribution is -0.385. The molecule has 0 spiro atoms. The van der Waals surface area contributed by atoms with Gasteiger partial charge in [-0.3, -0.25) is 14.9 Å². The predicted molar refractivity (Wildman–Crippen MR) is 70.3 cm³/mol. The average molecular weight is 267 g/mol. The molecule has 0 aromatic carbocycles. The van der Waals surface area contributed by atoms with E-state index in [1.54, 1.807) is 18.7 Å². The number of aromatic nitrogens is 1. The lowest BCUT2D eigenvalue weighted by atomic mass is 10.1. The Labute approximate surface area is 111 Å². The van der Waals surface area contributed by atoms with Gasteiger partial charge in [-0.05, 0) is 19.4 Å². The molecule has 104 valence electrons. The van der Waals surface area contributed by atoms with Gasteiger partial charge in [0.2, 0.25) is 0 Å². The van der Waals surface area contributed by atoms with Gasteiger partial charge < -0.3 is 10.0 Å². The normalized spacial score (nSPS) is 11.9. The molecule has 1 unspecified atom stereocenters. The van der Waals surface area contributed by atoms with Crippen LogP contribution in [0.2, 0.25) is 0 Å². The fourth-order valence-electron chi connectivity index (χ4n) is 1.76. The van der Waals surface area contributed by atoms with Crippen LogP contribution >= 0.6 is 0 Å². The summed E-state index contributed by atoms with van der Waals surface area (Å²) in [6.07, 6.45) is 1.19. The van der Waals surface area contributed by atoms with Crippen molar-refractivity contribution in [3.05, 3.63) is 27.9 Å². The Morgan fingerprint density at radius 3 is 2.68 bits per heavy atom. The molecule has 0 fully saturated rings. The van der Waals surface area contributed by atoms with Gasteiger partial charge in [-0.25, -0.2) is 4.98 Å². The number of aryl methyl sites for hydroxylation is 1. The first-order valence-corrected chi connectivity index (χ1v) is 5.95. The summed E-state index contributed by atoms with van der Waals surface area (Å²) in [5.41, 5.74) is 0.595. The second-order valence-electron chi connectivity index (χ2n) is 4.37. The van der Waals surface area contributed by atoms with Crippen molar-refractivity contribution in [1.29, 1.82) is 0 Å². The lowest BCUT2D eigenvalue weighted by Gasteiger charge is -2.25. The first-order valence-electron chi connectivity index (χ1n) is 5.95. The highest BCUT2D eigenvalue weighted by Crippen LogP contribution is 2.22. The van der Waals surface area contributed by atoms with E-state index in [-0.39, 0.29) is 5.69 Å². The van der Waals surface area contributed by atoms with E-state index in [1.807, 2.05) is 6.92 Å². The van der Waals surface area contributed by atoms with Crippen molar-refractivity contribution in [3.8, 4) is 0 Å². The number of nitro groups is 1. The highest BCUT2D eigenvalue weighted by molar-refractivity contribution is 5.70. The average Bonchev–Trinajstić information content (AvgIpc) is 2.35. The van der Waals surface area contributed by atoms with Crippen molar-refractivity contribution in [3.63, 3.8) is 0 Å². The molecule has 0 aliphatic heterocycles. The zero-order valence-corrected chi connectivity index (χ0v) is 11.2. The Morgan fingerprint density at radius 1 is 1.63 bits per heavy atom. The molecule has 0 aliphatic rings. The lowest BCUT2D eigenvalue weighted by Crippen LogP contribution is -2.32. The monoisotopic (exact) mass is 267 g/mol. The number of rotatable bonds is 6. The molecule has 0 saturated heterocycles. The number of carboxylic acid groups (broad SMARTS) is 1. The van der Waals surface area contributed by atoms with Crippen LogP contribution in [0.4, 0.5) is 11.5 Å². The zero-order chi connectivity index (χ0) is 14.6. The van der Waals surface area contributed by atoms with Crippen LogP contribution in [0, 0.1) is 23.0 Å². The molecule has 1 aromatic heterocycles. The topological polar surface area (TPSA) is 96.6 Å². The largest absolute Gasteiger partial charge is 0.481 e. The van der Waals surface area contributed by atoms with Gasteiger partial charge in [0, 0.05) is 19.2 Å². The van der Waals surface area contributed by atoms with Gasteiger partial charge in [0.1, 0.15) is 12.0 Å². The van der Waals surface area contributed by atoms with E-state index in [0.29, 0.717) is 24.5 Å². The highest BCUT2D eigenvalue weighted by atomic mass is 16.6. The molecule has 19 heavy (non-hydrogen) atoms. The minimum atomic E-state index is -0.877. The molecule has 0 amide bonds. The maximum atomic E-state index is 10.9. The Morgan fingerprint density at radius 2 is 2.26 bits per heavy atom. The van der Waals surface area contributed by atoms with Crippen LogP contribution in [-0.4, -0.2) is 34.1 Å². The van der Waals surface area contributed by atoms with Gasteiger partial charge in [-0.15, -0.1) is 0 Å². The maximum Gasteiger partial charge on any atom is 0.308 e. The van der Waals surface area contributed by atoms with Gasteiger partial charge in [0.25, 0.3) is 5.69 Å². The first kappa shape index (κ1) is 14.9. The van der Waals surface area contributed by atoms with Crippen molar-refractivity contribution < 1.29 is 14.8 Å². The van der Waals surface area contributed by atoms with Gasteiger partial charge in [0.05, 0.1) is 10.8 Å². The Kier molecular flexibility index (Phi) is 4.80. The molecule has 7 nitrogen and oxygen atoms in total. The number of anilines is 1. The van der Waals surface area contributed by atoms with Crippen LogP contribution in [0.15, 0.2) is 12.3 Å². The zero-order valence-electron chi connectivity index (χ0n) is 11.2. The van der Waals surface area contributed by atoms with Crippen LogP contribution in [0.25, 0.3) is 0 Å². The van der Waals surface area contributed by atoms with Crippen molar-refractivity contribution in [1.82, 2.24) is 4.98 Å². The summed E-state index contributed by atoms with van der Waals surface area (Å²) in [4.78, 5) is 26.9. The minimum Gasteiger partial charge on any atom is -0.481 e. The summed E-state index contributed by atoms with van der Waals surface area (Å²) < 4.78 is 0. The second-order valence-corrected chi connectivity index (χ2v) is 4.37. The fourth-order valence-corrected chi connectivity index (χ4v) is 1.76. The van der Waals surface area contributed by atoms with E-state index in [0.717, 1.165) is 0 Å². The number of nitrogens with zero attached hydrogens (tertiary/aromatic N) is 3. The van der Waals surface area contributed by atoms with E-state index in [4.69, 9.17) is 5.11 Å². The summed E-state index contributed by atoms with van der Waals surface area (Å²) in [6.45, 7) is 6.13. The van der Waals surface area contributed by atoms with E-state index in [2.05, 4.69) is 4.98 Å². The van der Waals surface area contributed by atoms with Crippen LogP contribution in [0.1, 0.15) is 19.4 Å². The highest BCUT2D eigenvalue weighted by Gasteiger charge is 2.19. The molecule has 1 N–H and O–H groups in total. The standard InChI is InChI=1S/C12H17N3O4/c1-4-14(7-9(3)12(16)17)11-8(2)5-10(6-13-11)15(18)19/h5-6,9H,4,7H2,1-3H3,(H,16,17). The second kappa shape index (κ2) is 6.12. The Bertz CT molecular complexity index is 490.